The van der Waals surface area contributed by atoms with Crippen LogP contribution < -0.4 is 14.8 Å². The summed E-state index contributed by atoms with van der Waals surface area (Å²) < 4.78 is 50.6. The van der Waals surface area contributed by atoms with Gasteiger partial charge in [0.1, 0.15) is 5.82 Å². The van der Waals surface area contributed by atoms with E-state index in [-0.39, 0.29) is 37.1 Å². The highest BCUT2D eigenvalue weighted by Crippen LogP contribution is 2.36. The number of hydrogen-bond donors (Lipinski definition) is 1. The molecule has 0 saturated carbocycles. The fourth-order valence-electron chi connectivity index (χ4n) is 3.58. The number of aromatic nitrogens is 2. The lowest BCUT2D eigenvalue weighted by Gasteiger charge is -2.25. The number of carbonyl (C=O) groups excluding carboxylic acids is 1. The Balaban J connectivity index is 1.46. The van der Waals surface area contributed by atoms with E-state index < -0.39 is 17.8 Å². The Labute approximate surface area is 159 Å². The van der Waals surface area contributed by atoms with Crippen LogP contribution in [0, 0.1) is 12.8 Å². The van der Waals surface area contributed by atoms with E-state index in [9.17, 15) is 18.0 Å². The molecule has 28 heavy (non-hydrogen) atoms. The average Bonchev–Trinajstić information content (AvgIpc) is 3.12. The first-order chi connectivity index (χ1) is 13.3. The summed E-state index contributed by atoms with van der Waals surface area (Å²) in [5.74, 6) is 0.525. The fraction of sp³-hybridized carbons (Fsp3) is 0.421. The van der Waals surface area contributed by atoms with Gasteiger partial charge in [-0.2, -0.15) is 13.2 Å². The lowest BCUT2D eigenvalue weighted by molar-refractivity contribution is -0.142. The molecule has 0 radical (unpaired) electrons. The van der Waals surface area contributed by atoms with Crippen LogP contribution in [0.5, 0.6) is 11.5 Å². The summed E-state index contributed by atoms with van der Waals surface area (Å²) in [6.07, 6.45) is -3.81. The Bertz CT molecular complexity index is 931. The summed E-state index contributed by atoms with van der Waals surface area (Å²) in [5, 5.41) is 2.80. The van der Waals surface area contributed by atoms with Gasteiger partial charge in [0, 0.05) is 23.7 Å². The van der Waals surface area contributed by atoms with Crippen molar-refractivity contribution in [3.05, 3.63) is 46.5 Å². The molecule has 1 aliphatic heterocycles. The molecule has 1 atom stereocenters. The third-order valence-electron chi connectivity index (χ3n) is 4.93. The van der Waals surface area contributed by atoms with Gasteiger partial charge in [0.2, 0.25) is 12.7 Å². The van der Waals surface area contributed by atoms with Gasteiger partial charge >= 0.3 is 6.18 Å². The largest absolute Gasteiger partial charge is 0.454 e. The van der Waals surface area contributed by atoms with Crippen molar-refractivity contribution >= 4 is 5.91 Å². The molecule has 6 nitrogen and oxygen atoms in total. The molecule has 148 valence electrons. The number of benzene rings is 1. The molecule has 1 aliphatic carbocycles. The molecule has 2 aliphatic rings. The molecule has 9 heteroatoms. The smallest absolute Gasteiger partial charge is 0.433 e. The quantitative estimate of drug-likeness (QED) is 0.868. The van der Waals surface area contributed by atoms with Crippen LogP contribution in [0.4, 0.5) is 13.2 Å². The molecule has 0 spiro atoms. The Hall–Kier alpha value is -2.84. The first kappa shape index (κ1) is 18.5. The molecule has 4 rings (SSSR count). The van der Waals surface area contributed by atoms with E-state index in [0.29, 0.717) is 30.0 Å². The van der Waals surface area contributed by atoms with E-state index in [2.05, 4.69) is 15.3 Å². The molecule has 1 unspecified atom stereocenters. The van der Waals surface area contributed by atoms with Crippen molar-refractivity contribution in [2.45, 2.75) is 38.9 Å². The number of nitrogens with zero attached hydrogens (tertiary/aromatic N) is 2. The zero-order chi connectivity index (χ0) is 19.9. The molecule has 2 heterocycles. The number of halogens is 3. The van der Waals surface area contributed by atoms with Gasteiger partial charge in [-0.3, -0.25) is 4.79 Å². The fourth-order valence-corrected chi connectivity index (χ4v) is 3.58. The molecule has 2 aromatic rings. The van der Waals surface area contributed by atoms with Crippen molar-refractivity contribution in [1.82, 2.24) is 15.3 Å². The normalized spacial score (nSPS) is 17.9. The third kappa shape index (κ3) is 3.61. The monoisotopic (exact) mass is 393 g/mol. The maximum atomic E-state index is 13.3. The summed E-state index contributed by atoms with van der Waals surface area (Å²) >= 11 is 0. The van der Waals surface area contributed by atoms with Crippen LogP contribution in [-0.4, -0.2) is 22.7 Å². The summed E-state index contributed by atoms with van der Waals surface area (Å²) in [7, 11) is 0. The maximum Gasteiger partial charge on any atom is 0.433 e. The number of amides is 1. The molecule has 1 aromatic heterocycles. The van der Waals surface area contributed by atoms with Gasteiger partial charge < -0.3 is 14.8 Å². The van der Waals surface area contributed by atoms with E-state index in [4.69, 9.17) is 9.47 Å². The van der Waals surface area contributed by atoms with Crippen LogP contribution in [0.15, 0.2) is 18.2 Å². The topological polar surface area (TPSA) is 73.3 Å². The van der Waals surface area contributed by atoms with Crippen LogP contribution in [-0.2, 0) is 30.4 Å². The minimum absolute atomic E-state index is 0.0164. The van der Waals surface area contributed by atoms with Gasteiger partial charge in [0.05, 0.1) is 0 Å². The van der Waals surface area contributed by atoms with Crippen LogP contribution in [0.3, 0.4) is 0 Å². The highest BCUT2D eigenvalue weighted by molar-refractivity contribution is 5.79. The third-order valence-corrected chi connectivity index (χ3v) is 4.93. The number of ether oxygens (including phenoxy) is 2. The molecular weight excluding hydrogens is 375 g/mol. The lowest BCUT2D eigenvalue weighted by Crippen LogP contribution is -2.35. The van der Waals surface area contributed by atoms with Crippen molar-refractivity contribution < 1.29 is 27.4 Å². The van der Waals surface area contributed by atoms with Crippen molar-refractivity contribution in [2.24, 2.45) is 5.92 Å². The van der Waals surface area contributed by atoms with Gasteiger partial charge in [0.15, 0.2) is 17.2 Å². The standard InChI is InChI=1S/C19H18F3N3O3/c1-10-24-14-4-3-12(7-13(14)17(25-10)19(20,21)22)18(26)23-8-11-2-5-15-16(6-11)28-9-27-15/h2,5-6,12H,3-4,7-9H2,1H3,(H,23,26). The van der Waals surface area contributed by atoms with Crippen molar-refractivity contribution in [3.63, 3.8) is 0 Å². The number of carbonyl (C=O) groups is 1. The zero-order valence-electron chi connectivity index (χ0n) is 15.1. The highest BCUT2D eigenvalue weighted by Gasteiger charge is 2.39. The second-order valence-corrected chi connectivity index (χ2v) is 6.89. The number of hydrogen-bond acceptors (Lipinski definition) is 5. The molecule has 0 fully saturated rings. The first-order valence-electron chi connectivity index (χ1n) is 8.91. The minimum Gasteiger partial charge on any atom is -0.454 e. The molecule has 1 N–H and O–H groups in total. The van der Waals surface area contributed by atoms with Crippen LogP contribution in [0.25, 0.3) is 0 Å². The highest BCUT2D eigenvalue weighted by atomic mass is 19.4. The number of rotatable bonds is 3. The van der Waals surface area contributed by atoms with Crippen LogP contribution >= 0.6 is 0 Å². The Morgan fingerprint density at radius 1 is 1.25 bits per heavy atom. The second-order valence-electron chi connectivity index (χ2n) is 6.89. The van der Waals surface area contributed by atoms with Crippen molar-refractivity contribution in [3.8, 4) is 11.5 Å². The van der Waals surface area contributed by atoms with E-state index in [1.54, 1.807) is 12.1 Å². The first-order valence-corrected chi connectivity index (χ1v) is 8.91. The summed E-state index contributed by atoms with van der Waals surface area (Å²) in [4.78, 5) is 20.3. The van der Waals surface area contributed by atoms with Crippen LogP contribution in [0.2, 0.25) is 0 Å². The minimum atomic E-state index is -4.57. The number of aryl methyl sites for hydroxylation is 2. The van der Waals surface area contributed by atoms with E-state index in [1.165, 1.54) is 6.92 Å². The number of fused-ring (bicyclic) bond motifs is 2. The maximum absolute atomic E-state index is 13.3. The van der Waals surface area contributed by atoms with E-state index in [0.717, 1.165) is 5.56 Å². The van der Waals surface area contributed by atoms with Gasteiger partial charge in [0.25, 0.3) is 0 Å². The van der Waals surface area contributed by atoms with Gasteiger partial charge in [-0.05, 0) is 43.9 Å². The molecule has 1 aromatic carbocycles. The summed E-state index contributed by atoms with van der Waals surface area (Å²) in [6.45, 7) is 1.87. The van der Waals surface area contributed by atoms with Gasteiger partial charge in [-0.1, -0.05) is 6.07 Å². The Morgan fingerprint density at radius 2 is 2.04 bits per heavy atom. The van der Waals surface area contributed by atoms with E-state index in [1.807, 2.05) is 6.07 Å². The molecule has 0 saturated heterocycles. The van der Waals surface area contributed by atoms with Gasteiger partial charge in [-0.15, -0.1) is 0 Å². The molecule has 1 amide bonds. The Morgan fingerprint density at radius 3 is 2.82 bits per heavy atom. The zero-order valence-corrected chi connectivity index (χ0v) is 15.1. The average molecular weight is 393 g/mol. The summed E-state index contributed by atoms with van der Waals surface area (Å²) in [6, 6.07) is 5.34. The predicted molar refractivity (Wildman–Crippen MR) is 91.7 cm³/mol. The summed E-state index contributed by atoms with van der Waals surface area (Å²) in [5.41, 5.74) is 0.319. The van der Waals surface area contributed by atoms with Crippen molar-refractivity contribution in [2.75, 3.05) is 6.79 Å². The Kier molecular flexibility index (Phi) is 4.60. The lowest BCUT2D eigenvalue weighted by atomic mass is 9.85. The predicted octanol–water partition coefficient (Wildman–Crippen LogP) is 2.95. The van der Waals surface area contributed by atoms with Crippen LogP contribution in [0.1, 0.15) is 34.8 Å². The SMILES string of the molecule is Cc1nc2c(c(C(F)(F)F)n1)CC(C(=O)NCc1ccc3c(c1)OCO3)CC2. The molecule has 0 bridgehead atoms. The van der Waals surface area contributed by atoms with Gasteiger partial charge in [-0.25, -0.2) is 9.97 Å². The molecular formula is C19H18F3N3O3. The van der Waals surface area contributed by atoms with Crippen molar-refractivity contribution in [1.29, 1.82) is 0 Å². The van der Waals surface area contributed by atoms with E-state index >= 15 is 0 Å². The second kappa shape index (κ2) is 6.96. The number of nitrogens with one attached hydrogen (secondary N) is 1. The number of alkyl halides is 3.